The molecule has 2 aliphatic heterocycles. The van der Waals surface area contributed by atoms with E-state index in [1.165, 1.54) is 16.7 Å². The standard InChI is InChI=1S/C21H23NO3/c1-22-9-7-14(8-10-22)18-3-2-4-20-19(18)12-17-11-15(21(23)24)5-6-16(17)13-25-20/h2,4-6,11H,3,7-10,12-13H2,1H3,(H,23,24). The highest BCUT2D eigenvalue weighted by Crippen LogP contribution is 2.37. The van der Waals surface area contributed by atoms with Crippen LogP contribution in [0.2, 0.25) is 0 Å². The van der Waals surface area contributed by atoms with Gasteiger partial charge in [0, 0.05) is 25.1 Å². The maximum absolute atomic E-state index is 11.3. The van der Waals surface area contributed by atoms with Crippen molar-refractivity contribution in [3.8, 4) is 0 Å². The Kier molecular flexibility index (Phi) is 4.22. The first-order chi connectivity index (χ1) is 12.1. The van der Waals surface area contributed by atoms with Gasteiger partial charge < -0.3 is 14.7 Å². The molecule has 0 amide bonds. The zero-order chi connectivity index (χ0) is 17.4. The van der Waals surface area contributed by atoms with Gasteiger partial charge in [-0.1, -0.05) is 17.7 Å². The van der Waals surface area contributed by atoms with Crippen molar-refractivity contribution in [2.24, 2.45) is 0 Å². The van der Waals surface area contributed by atoms with Gasteiger partial charge in [-0.15, -0.1) is 0 Å². The number of carboxylic acids is 1. The third kappa shape index (κ3) is 3.14. The molecule has 4 rings (SSSR count). The molecule has 25 heavy (non-hydrogen) atoms. The molecule has 0 spiro atoms. The van der Waals surface area contributed by atoms with Crippen LogP contribution in [0.25, 0.3) is 0 Å². The van der Waals surface area contributed by atoms with Crippen molar-refractivity contribution in [1.82, 2.24) is 4.90 Å². The summed E-state index contributed by atoms with van der Waals surface area (Å²) in [5.41, 5.74) is 6.72. The minimum atomic E-state index is -0.875. The van der Waals surface area contributed by atoms with Crippen LogP contribution in [0.1, 0.15) is 40.7 Å². The zero-order valence-corrected chi connectivity index (χ0v) is 14.5. The average molecular weight is 337 g/mol. The van der Waals surface area contributed by atoms with Gasteiger partial charge in [0.15, 0.2) is 0 Å². The molecule has 1 fully saturated rings. The van der Waals surface area contributed by atoms with Crippen LogP contribution >= 0.6 is 0 Å². The lowest BCUT2D eigenvalue weighted by Crippen LogP contribution is -2.27. The van der Waals surface area contributed by atoms with Crippen molar-refractivity contribution in [1.29, 1.82) is 0 Å². The molecule has 1 aromatic rings. The van der Waals surface area contributed by atoms with Crippen LogP contribution in [0.4, 0.5) is 0 Å². The molecule has 2 heterocycles. The quantitative estimate of drug-likeness (QED) is 0.849. The van der Waals surface area contributed by atoms with Gasteiger partial charge in [-0.3, -0.25) is 0 Å². The van der Waals surface area contributed by atoms with Gasteiger partial charge in [0.25, 0.3) is 0 Å². The monoisotopic (exact) mass is 337 g/mol. The maximum Gasteiger partial charge on any atom is 0.335 e. The number of nitrogens with zero attached hydrogens (tertiary/aromatic N) is 1. The Bertz CT molecular complexity index is 806. The Hall–Kier alpha value is -2.33. The van der Waals surface area contributed by atoms with Crippen molar-refractivity contribution in [2.45, 2.75) is 32.3 Å². The number of piperidine rings is 1. The van der Waals surface area contributed by atoms with Gasteiger partial charge in [-0.05, 0) is 61.2 Å². The molecule has 0 atom stereocenters. The van der Waals surface area contributed by atoms with E-state index in [2.05, 4.69) is 24.1 Å². The Morgan fingerprint density at radius 2 is 1.96 bits per heavy atom. The molecule has 0 bridgehead atoms. The van der Waals surface area contributed by atoms with Crippen molar-refractivity contribution in [3.63, 3.8) is 0 Å². The molecule has 0 aromatic heterocycles. The summed E-state index contributed by atoms with van der Waals surface area (Å²) in [6.07, 6.45) is 8.20. The van der Waals surface area contributed by atoms with E-state index in [0.29, 0.717) is 12.2 Å². The molecule has 1 aliphatic carbocycles. The molecule has 1 N–H and O–H groups in total. The fourth-order valence-electron chi connectivity index (χ4n) is 3.94. The predicted octanol–water partition coefficient (Wildman–Crippen LogP) is 3.69. The summed E-state index contributed by atoms with van der Waals surface area (Å²) in [5, 5.41) is 9.30. The SMILES string of the molecule is CN1CCC(=C2CC=CC3=C2Cc2cc(C(=O)O)ccc2CO3)CC1. The van der Waals surface area contributed by atoms with E-state index in [9.17, 15) is 9.90 Å². The molecular weight excluding hydrogens is 314 g/mol. The Morgan fingerprint density at radius 3 is 2.72 bits per heavy atom. The van der Waals surface area contributed by atoms with E-state index in [-0.39, 0.29) is 0 Å². The van der Waals surface area contributed by atoms with E-state index in [1.54, 1.807) is 6.07 Å². The molecule has 0 unspecified atom stereocenters. The van der Waals surface area contributed by atoms with Crippen LogP contribution in [0, 0.1) is 0 Å². The van der Waals surface area contributed by atoms with Gasteiger partial charge >= 0.3 is 5.97 Å². The van der Waals surface area contributed by atoms with Crippen LogP contribution in [-0.4, -0.2) is 36.1 Å². The summed E-state index contributed by atoms with van der Waals surface area (Å²) in [4.78, 5) is 13.7. The van der Waals surface area contributed by atoms with E-state index in [1.807, 2.05) is 12.1 Å². The summed E-state index contributed by atoms with van der Waals surface area (Å²) in [6.45, 7) is 2.71. The smallest absolute Gasteiger partial charge is 0.335 e. The van der Waals surface area contributed by atoms with Crippen molar-refractivity contribution in [2.75, 3.05) is 20.1 Å². The van der Waals surface area contributed by atoms with Crippen molar-refractivity contribution >= 4 is 5.97 Å². The number of hydrogen-bond acceptors (Lipinski definition) is 3. The van der Waals surface area contributed by atoms with E-state index in [4.69, 9.17) is 4.74 Å². The lowest BCUT2D eigenvalue weighted by molar-refractivity contribution is 0.0696. The normalized spacial score (nSPS) is 20.7. The molecule has 0 radical (unpaired) electrons. The fourth-order valence-corrected chi connectivity index (χ4v) is 3.94. The van der Waals surface area contributed by atoms with Crippen molar-refractivity contribution < 1.29 is 14.6 Å². The molecule has 4 nitrogen and oxygen atoms in total. The highest BCUT2D eigenvalue weighted by molar-refractivity contribution is 5.88. The highest BCUT2D eigenvalue weighted by atomic mass is 16.5. The first-order valence-corrected chi connectivity index (χ1v) is 8.89. The minimum Gasteiger partial charge on any atom is -0.489 e. The molecule has 3 aliphatic rings. The van der Waals surface area contributed by atoms with Gasteiger partial charge in [0.1, 0.15) is 12.4 Å². The number of carbonyl (C=O) groups is 1. The van der Waals surface area contributed by atoms with Crippen molar-refractivity contribution in [3.05, 3.63) is 69.5 Å². The number of allylic oxidation sites excluding steroid dienone is 4. The number of likely N-dealkylation sites (tertiary alicyclic amines) is 1. The summed E-state index contributed by atoms with van der Waals surface area (Å²) in [6, 6.07) is 5.37. The number of hydrogen-bond donors (Lipinski definition) is 1. The number of carboxylic acid groups (broad SMARTS) is 1. The van der Waals surface area contributed by atoms with Gasteiger partial charge in [-0.2, -0.15) is 0 Å². The molecular formula is C21H23NO3. The van der Waals surface area contributed by atoms with E-state index < -0.39 is 5.97 Å². The van der Waals surface area contributed by atoms with Crippen LogP contribution < -0.4 is 0 Å². The van der Waals surface area contributed by atoms with Gasteiger partial charge in [-0.25, -0.2) is 4.79 Å². The second-order valence-electron chi connectivity index (χ2n) is 7.09. The number of rotatable bonds is 1. The van der Waals surface area contributed by atoms with Crippen LogP contribution in [0.5, 0.6) is 0 Å². The molecule has 0 saturated carbocycles. The van der Waals surface area contributed by atoms with Gasteiger partial charge in [0.2, 0.25) is 0 Å². The van der Waals surface area contributed by atoms with Gasteiger partial charge in [0.05, 0.1) is 5.56 Å². The highest BCUT2D eigenvalue weighted by Gasteiger charge is 2.24. The first kappa shape index (κ1) is 16.2. The molecule has 1 aromatic carbocycles. The molecule has 130 valence electrons. The first-order valence-electron chi connectivity index (χ1n) is 8.89. The van der Waals surface area contributed by atoms with E-state index >= 15 is 0 Å². The number of aromatic carboxylic acids is 1. The lowest BCUT2D eigenvalue weighted by Gasteiger charge is -2.28. The second-order valence-corrected chi connectivity index (χ2v) is 7.09. The third-order valence-corrected chi connectivity index (χ3v) is 5.47. The minimum absolute atomic E-state index is 0.350. The Morgan fingerprint density at radius 1 is 1.16 bits per heavy atom. The zero-order valence-electron chi connectivity index (χ0n) is 14.5. The number of ether oxygens (including phenoxy) is 1. The summed E-state index contributed by atoms with van der Waals surface area (Å²) in [7, 11) is 2.17. The van der Waals surface area contributed by atoms with Crippen LogP contribution in [0.3, 0.4) is 0 Å². The maximum atomic E-state index is 11.3. The summed E-state index contributed by atoms with van der Waals surface area (Å²) in [5.74, 6) is 0.0837. The predicted molar refractivity (Wildman–Crippen MR) is 96.4 cm³/mol. The largest absolute Gasteiger partial charge is 0.489 e. The molecule has 1 saturated heterocycles. The number of benzene rings is 1. The van der Waals surface area contributed by atoms with E-state index in [0.717, 1.165) is 55.7 Å². The van der Waals surface area contributed by atoms with Crippen LogP contribution in [-0.2, 0) is 17.8 Å². The third-order valence-electron chi connectivity index (χ3n) is 5.47. The van der Waals surface area contributed by atoms with Crippen LogP contribution in [0.15, 0.2) is 52.8 Å². The molecule has 4 heteroatoms. The fraction of sp³-hybridized carbons (Fsp3) is 0.381. The Labute approximate surface area is 148 Å². The topological polar surface area (TPSA) is 49.8 Å². The summed E-state index contributed by atoms with van der Waals surface area (Å²) >= 11 is 0. The Balaban J connectivity index is 1.73. The lowest BCUT2D eigenvalue weighted by atomic mass is 9.84. The summed E-state index contributed by atoms with van der Waals surface area (Å²) < 4.78 is 6.08. The number of fused-ring (bicyclic) bond motifs is 1. The second kappa shape index (κ2) is 6.52. The average Bonchev–Trinajstić information content (AvgIpc) is 2.80.